The second-order valence-electron chi connectivity index (χ2n) is 4.82. The van der Waals surface area contributed by atoms with Gasteiger partial charge in [-0.3, -0.25) is 4.99 Å². The zero-order valence-electron chi connectivity index (χ0n) is 12.5. The zero-order chi connectivity index (χ0) is 15.1. The maximum absolute atomic E-state index is 12.0. The van der Waals surface area contributed by atoms with Gasteiger partial charge in [-0.15, -0.1) is 24.0 Å². The summed E-state index contributed by atoms with van der Waals surface area (Å²) in [7, 11) is -1.76. The summed E-state index contributed by atoms with van der Waals surface area (Å²) in [5.41, 5.74) is 1.01. The number of aliphatic imine (C=N–C) groups is 1. The number of nitrogens with zero attached hydrogens (tertiary/aromatic N) is 1. The fourth-order valence-electron chi connectivity index (χ4n) is 1.96. The second kappa shape index (κ2) is 9.31. The quantitative estimate of drug-likeness (QED) is 0.651. The number of halogens is 1. The van der Waals surface area contributed by atoms with Crippen LogP contribution in [0.15, 0.2) is 34.2 Å². The van der Waals surface area contributed by atoms with E-state index in [1.807, 2.05) is 12.1 Å². The standard InChI is InChI=1S/C14H21N3O3S.HI/c1-20-9-10-21(18,19)13-5-3-12(4-6-13)11-17-14-15-7-2-8-16-14;/h3-6H,2,7-11H2,1H3,(H2,15,16,17);1H. The van der Waals surface area contributed by atoms with Gasteiger partial charge in [0.15, 0.2) is 15.8 Å². The molecule has 0 aliphatic carbocycles. The first-order valence-electron chi connectivity index (χ1n) is 6.94. The lowest BCUT2D eigenvalue weighted by molar-refractivity contribution is 0.217. The molecule has 22 heavy (non-hydrogen) atoms. The summed E-state index contributed by atoms with van der Waals surface area (Å²) in [6.45, 7) is 2.59. The zero-order valence-corrected chi connectivity index (χ0v) is 15.7. The smallest absolute Gasteiger partial charge is 0.191 e. The van der Waals surface area contributed by atoms with Crippen LogP contribution < -0.4 is 10.6 Å². The van der Waals surface area contributed by atoms with Crippen LogP contribution in [0.2, 0.25) is 0 Å². The fourth-order valence-corrected chi connectivity index (χ4v) is 3.13. The molecule has 0 bridgehead atoms. The van der Waals surface area contributed by atoms with Crippen LogP contribution in [-0.2, 0) is 21.1 Å². The Morgan fingerprint density at radius 2 is 2.05 bits per heavy atom. The molecule has 0 amide bonds. The van der Waals surface area contributed by atoms with Crippen LogP contribution >= 0.6 is 24.0 Å². The van der Waals surface area contributed by atoms with Gasteiger partial charge in [-0.1, -0.05) is 12.1 Å². The van der Waals surface area contributed by atoms with Crippen LogP contribution in [0.1, 0.15) is 12.0 Å². The molecule has 1 aromatic rings. The summed E-state index contributed by atoms with van der Waals surface area (Å²) in [5, 5.41) is 6.38. The molecule has 0 radical (unpaired) electrons. The average Bonchev–Trinajstić information content (AvgIpc) is 2.52. The Morgan fingerprint density at radius 1 is 1.32 bits per heavy atom. The number of ether oxygens (including phenoxy) is 1. The number of rotatable bonds is 6. The van der Waals surface area contributed by atoms with Gasteiger partial charge < -0.3 is 15.4 Å². The third-order valence-electron chi connectivity index (χ3n) is 3.20. The normalized spacial score (nSPS) is 14.5. The Kier molecular flexibility index (Phi) is 8.12. The van der Waals surface area contributed by atoms with E-state index >= 15 is 0 Å². The van der Waals surface area contributed by atoms with Crippen molar-refractivity contribution in [3.05, 3.63) is 29.8 Å². The number of hydrogen-bond donors (Lipinski definition) is 2. The molecule has 1 aliphatic heterocycles. The largest absolute Gasteiger partial charge is 0.384 e. The summed E-state index contributed by atoms with van der Waals surface area (Å²) in [4.78, 5) is 4.65. The maximum atomic E-state index is 12.0. The van der Waals surface area contributed by atoms with Crippen molar-refractivity contribution in [2.75, 3.05) is 32.6 Å². The molecule has 1 aliphatic rings. The van der Waals surface area contributed by atoms with E-state index in [-0.39, 0.29) is 36.3 Å². The van der Waals surface area contributed by atoms with Crippen molar-refractivity contribution in [2.45, 2.75) is 17.9 Å². The summed E-state index contributed by atoms with van der Waals surface area (Å²) in [5.74, 6) is 0.806. The Hall–Kier alpha value is -0.870. The Bertz CT molecular complexity index is 588. The van der Waals surface area contributed by atoms with Crippen LogP contribution in [0.4, 0.5) is 0 Å². The van der Waals surface area contributed by atoms with Crippen LogP contribution in [-0.4, -0.2) is 46.9 Å². The number of methoxy groups -OCH3 is 1. The lowest BCUT2D eigenvalue weighted by Gasteiger charge is -2.16. The predicted octanol–water partition coefficient (Wildman–Crippen LogP) is 1.16. The Morgan fingerprint density at radius 3 is 2.64 bits per heavy atom. The second-order valence-corrected chi connectivity index (χ2v) is 6.93. The maximum Gasteiger partial charge on any atom is 0.191 e. The minimum atomic E-state index is -3.26. The lowest BCUT2D eigenvalue weighted by Crippen LogP contribution is -2.40. The highest BCUT2D eigenvalue weighted by Crippen LogP contribution is 2.12. The van der Waals surface area contributed by atoms with Crippen molar-refractivity contribution in [1.82, 2.24) is 10.6 Å². The predicted molar refractivity (Wildman–Crippen MR) is 97.5 cm³/mol. The molecular weight excluding hydrogens is 417 g/mol. The van der Waals surface area contributed by atoms with Crippen LogP contribution in [0.5, 0.6) is 0 Å². The molecule has 0 aromatic heterocycles. The highest BCUT2D eigenvalue weighted by atomic mass is 127. The van der Waals surface area contributed by atoms with Crippen molar-refractivity contribution >= 4 is 39.8 Å². The number of nitrogens with one attached hydrogen (secondary N) is 2. The van der Waals surface area contributed by atoms with E-state index in [0.717, 1.165) is 31.0 Å². The van der Waals surface area contributed by atoms with Gasteiger partial charge in [0, 0.05) is 26.7 Å². The highest BCUT2D eigenvalue weighted by molar-refractivity contribution is 14.0. The molecule has 8 heteroatoms. The lowest BCUT2D eigenvalue weighted by atomic mass is 10.2. The van der Waals surface area contributed by atoms with E-state index in [4.69, 9.17) is 4.74 Å². The van der Waals surface area contributed by atoms with E-state index in [2.05, 4.69) is 15.6 Å². The summed E-state index contributed by atoms with van der Waals surface area (Å²) >= 11 is 0. The van der Waals surface area contributed by atoms with Gasteiger partial charge in [-0.25, -0.2) is 8.42 Å². The van der Waals surface area contributed by atoms with Gasteiger partial charge in [0.2, 0.25) is 0 Å². The Balaban J connectivity index is 0.00000242. The topological polar surface area (TPSA) is 79.8 Å². The van der Waals surface area contributed by atoms with Crippen molar-refractivity contribution in [2.24, 2.45) is 4.99 Å². The monoisotopic (exact) mass is 439 g/mol. The average molecular weight is 439 g/mol. The molecule has 0 unspecified atom stereocenters. The molecule has 2 N–H and O–H groups in total. The van der Waals surface area contributed by atoms with Crippen LogP contribution in [0, 0.1) is 0 Å². The summed E-state index contributed by atoms with van der Waals surface area (Å²) < 4.78 is 28.8. The van der Waals surface area contributed by atoms with E-state index in [9.17, 15) is 8.42 Å². The molecule has 124 valence electrons. The number of sulfone groups is 1. The van der Waals surface area contributed by atoms with Gasteiger partial charge in [-0.2, -0.15) is 0 Å². The third-order valence-corrected chi connectivity index (χ3v) is 4.89. The van der Waals surface area contributed by atoms with E-state index in [1.54, 1.807) is 12.1 Å². The van der Waals surface area contributed by atoms with Crippen molar-refractivity contribution in [3.8, 4) is 0 Å². The molecular formula is C14H22IN3O3S. The van der Waals surface area contributed by atoms with E-state index < -0.39 is 9.84 Å². The first-order chi connectivity index (χ1) is 10.1. The first kappa shape index (κ1) is 19.2. The molecule has 0 saturated carbocycles. The fraction of sp³-hybridized carbons (Fsp3) is 0.500. The number of guanidine groups is 1. The van der Waals surface area contributed by atoms with E-state index in [0.29, 0.717) is 11.4 Å². The van der Waals surface area contributed by atoms with Gasteiger partial charge in [0.05, 0.1) is 17.3 Å². The molecule has 0 spiro atoms. The molecule has 6 nitrogen and oxygen atoms in total. The van der Waals surface area contributed by atoms with Crippen molar-refractivity contribution in [1.29, 1.82) is 0 Å². The van der Waals surface area contributed by atoms with Gasteiger partial charge in [0.1, 0.15) is 0 Å². The summed E-state index contributed by atoms with van der Waals surface area (Å²) in [6, 6.07) is 6.91. The first-order valence-corrected chi connectivity index (χ1v) is 8.60. The molecule has 0 fully saturated rings. The molecule has 1 aromatic carbocycles. The van der Waals surface area contributed by atoms with Crippen LogP contribution in [0.3, 0.4) is 0 Å². The Labute approximate surface area is 148 Å². The third kappa shape index (κ3) is 5.73. The van der Waals surface area contributed by atoms with Crippen molar-refractivity contribution < 1.29 is 13.2 Å². The molecule has 1 heterocycles. The molecule has 0 atom stereocenters. The van der Waals surface area contributed by atoms with Crippen LogP contribution in [0.25, 0.3) is 0 Å². The SMILES string of the molecule is COCCS(=O)(=O)c1ccc(CNC2=NCCCN2)cc1.I. The minimum Gasteiger partial charge on any atom is -0.384 e. The highest BCUT2D eigenvalue weighted by Gasteiger charge is 2.13. The minimum absolute atomic E-state index is 0. The molecule has 2 rings (SSSR count). The number of benzene rings is 1. The van der Waals surface area contributed by atoms with Gasteiger partial charge in [-0.05, 0) is 24.1 Å². The molecule has 0 saturated heterocycles. The van der Waals surface area contributed by atoms with Gasteiger partial charge >= 0.3 is 0 Å². The van der Waals surface area contributed by atoms with Gasteiger partial charge in [0.25, 0.3) is 0 Å². The van der Waals surface area contributed by atoms with E-state index in [1.165, 1.54) is 7.11 Å². The number of hydrogen-bond acceptors (Lipinski definition) is 6. The van der Waals surface area contributed by atoms with Crippen molar-refractivity contribution in [3.63, 3.8) is 0 Å². The summed E-state index contributed by atoms with van der Waals surface area (Å²) in [6.07, 6.45) is 1.05.